The molecule has 5 aromatic carbocycles. The number of amides is 2. The molecule has 1 aliphatic heterocycles. The molecule has 1 fully saturated rings. The van der Waals surface area contributed by atoms with E-state index >= 15 is 0 Å². The fourth-order valence-electron chi connectivity index (χ4n) is 7.20. The highest BCUT2D eigenvalue weighted by atomic mass is 16.6. The normalized spacial score (nSPS) is 17.6. The maximum absolute atomic E-state index is 13.5. The average Bonchev–Trinajstić information content (AvgIpc) is 3.85. The van der Waals surface area contributed by atoms with E-state index in [-0.39, 0.29) is 29.5 Å². The van der Waals surface area contributed by atoms with Crippen LogP contribution in [-0.4, -0.2) is 75.8 Å². The zero-order valence-electron chi connectivity index (χ0n) is 32.0. The Labute approximate surface area is 339 Å². The maximum atomic E-state index is 13.5. The van der Waals surface area contributed by atoms with Gasteiger partial charge in [-0.15, -0.1) is 0 Å². The average molecular weight is 793 g/mol. The highest BCUT2D eigenvalue weighted by molar-refractivity contribution is 6.06. The van der Waals surface area contributed by atoms with Gasteiger partial charge in [0.25, 0.3) is 5.91 Å². The molecule has 2 unspecified atom stereocenters. The van der Waals surface area contributed by atoms with Crippen LogP contribution in [0.3, 0.4) is 0 Å². The molecule has 14 heteroatoms. The Hall–Kier alpha value is -7.13. The number of hydrogen-bond donors (Lipinski definition) is 3. The first-order valence-electron chi connectivity index (χ1n) is 18.8. The van der Waals surface area contributed by atoms with Gasteiger partial charge in [0.2, 0.25) is 0 Å². The number of fused-ring (bicyclic) bond motifs is 1. The van der Waals surface area contributed by atoms with Gasteiger partial charge in [0.05, 0.1) is 27.2 Å². The van der Waals surface area contributed by atoms with E-state index in [9.17, 15) is 14.7 Å². The van der Waals surface area contributed by atoms with E-state index in [0.29, 0.717) is 22.7 Å². The van der Waals surface area contributed by atoms with Crippen molar-refractivity contribution in [2.45, 2.75) is 30.1 Å². The molecule has 0 aliphatic carbocycles. The van der Waals surface area contributed by atoms with E-state index in [1.807, 2.05) is 91.0 Å². The van der Waals surface area contributed by atoms with Gasteiger partial charge >= 0.3 is 6.09 Å². The van der Waals surface area contributed by atoms with Crippen LogP contribution in [0.4, 0.5) is 16.3 Å². The molecule has 7 aromatic rings. The summed E-state index contributed by atoms with van der Waals surface area (Å²) in [4.78, 5) is 39.7. The van der Waals surface area contributed by atoms with Crippen LogP contribution in [0.25, 0.3) is 11.2 Å². The molecule has 0 radical (unpaired) electrons. The Balaban J connectivity index is 1.16. The molecular weight excluding hydrogens is 753 g/mol. The topological polar surface area (TPSA) is 168 Å². The smallest absolute Gasteiger partial charge is 0.412 e. The molecule has 0 spiro atoms. The molecule has 14 nitrogen and oxygen atoms in total. The molecule has 298 valence electrons. The number of benzene rings is 5. The van der Waals surface area contributed by atoms with Crippen LogP contribution in [-0.2, 0) is 19.8 Å². The zero-order chi connectivity index (χ0) is 40.8. The standard InChI is InChI=1S/C45H40N6O8/c1-55-34-22-18-31(19-23-34)45(30-14-8-4-9-15-30,32-20-24-35(56-2)25-21-32)57-26-36-39(59-44(54)49-33-16-10-5-11-17-33)38(52)43(58-36)51-28-48-37-40(46-27-47-41(37)51)50-42(53)29-12-6-3-7-13-29/h3-25,27-28,36,38-39,43,52H,26H2,1-2H3,(H,49,54)(H,46,47,50,53)/t36-,38?,39?,43-/m1/s1. The van der Waals surface area contributed by atoms with Gasteiger partial charge in [-0.25, -0.2) is 19.7 Å². The molecule has 1 saturated heterocycles. The minimum atomic E-state index is -1.44. The van der Waals surface area contributed by atoms with Gasteiger partial charge in [-0.1, -0.05) is 91.0 Å². The summed E-state index contributed by atoms with van der Waals surface area (Å²) in [5.41, 5.74) is 2.54. The predicted octanol–water partition coefficient (Wildman–Crippen LogP) is 6.98. The molecule has 59 heavy (non-hydrogen) atoms. The largest absolute Gasteiger partial charge is 0.497 e. The number of aromatic nitrogens is 4. The number of para-hydroxylation sites is 1. The van der Waals surface area contributed by atoms with E-state index in [2.05, 4.69) is 25.6 Å². The number of rotatable bonds is 13. The Kier molecular flexibility index (Phi) is 11.3. The number of nitrogens with zero attached hydrogens (tertiary/aromatic N) is 4. The lowest BCUT2D eigenvalue weighted by atomic mass is 9.80. The third-order valence-corrected chi connectivity index (χ3v) is 10.1. The van der Waals surface area contributed by atoms with Crippen molar-refractivity contribution in [3.8, 4) is 11.5 Å². The monoisotopic (exact) mass is 792 g/mol. The molecule has 0 saturated carbocycles. The molecule has 4 atom stereocenters. The van der Waals surface area contributed by atoms with Crippen molar-refractivity contribution >= 4 is 34.7 Å². The number of carbonyl (C=O) groups is 2. The minimum absolute atomic E-state index is 0.164. The maximum Gasteiger partial charge on any atom is 0.412 e. The second-order valence-corrected chi connectivity index (χ2v) is 13.6. The molecule has 3 heterocycles. The Morgan fingerprint density at radius 1 is 0.729 bits per heavy atom. The summed E-state index contributed by atoms with van der Waals surface area (Å²) in [7, 11) is 3.20. The van der Waals surface area contributed by atoms with Crippen LogP contribution in [0.15, 0.2) is 152 Å². The molecule has 1 aliphatic rings. The number of aliphatic hydroxyl groups excluding tert-OH is 1. The highest BCUT2D eigenvalue weighted by Gasteiger charge is 2.50. The second-order valence-electron chi connectivity index (χ2n) is 13.6. The number of imidazole rings is 1. The number of anilines is 2. The third-order valence-electron chi connectivity index (χ3n) is 10.1. The fourth-order valence-corrected chi connectivity index (χ4v) is 7.20. The zero-order valence-corrected chi connectivity index (χ0v) is 32.0. The van der Waals surface area contributed by atoms with Gasteiger partial charge < -0.3 is 34.1 Å². The molecule has 2 aromatic heterocycles. The number of aliphatic hydroxyl groups is 1. The van der Waals surface area contributed by atoms with Crippen molar-refractivity contribution < 1.29 is 38.4 Å². The van der Waals surface area contributed by atoms with Crippen molar-refractivity contribution in [3.63, 3.8) is 0 Å². The highest BCUT2D eigenvalue weighted by Crippen LogP contribution is 2.43. The quantitative estimate of drug-likeness (QED) is 0.103. The summed E-state index contributed by atoms with van der Waals surface area (Å²) in [6, 6.07) is 42.3. The number of nitrogens with one attached hydrogen (secondary N) is 2. The van der Waals surface area contributed by atoms with Gasteiger partial charge in [0, 0.05) is 11.3 Å². The number of methoxy groups -OCH3 is 2. The second kappa shape index (κ2) is 17.2. The molecular formula is C45H40N6O8. The van der Waals surface area contributed by atoms with Crippen molar-refractivity contribution in [1.82, 2.24) is 19.5 Å². The number of ether oxygens (including phenoxy) is 5. The summed E-state index contributed by atoms with van der Waals surface area (Å²) >= 11 is 0. The van der Waals surface area contributed by atoms with Gasteiger partial charge in [0.1, 0.15) is 35.6 Å². The lowest BCUT2D eigenvalue weighted by Gasteiger charge is -2.37. The first kappa shape index (κ1) is 38.7. The SMILES string of the molecule is COc1ccc(C(OC[C@H]2O[C@@H](n3cnc4c(NC(=O)c5ccccc5)ncnc43)C(O)C2OC(=O)Nc2ccccc2)(c2ccccc2)c2ccc(OC)cc2)cc1. The van der Waals surface area contributed by atoms with E-state index in [1.165, 1.54) is 17.2 Å². The number of carbonyl (C=O) groups excluding carboxylic acids is 2. The lowest BCUT2D eigenvalue weighted by Crippen LogP contribution is -2.42. The summed E-state index contributed by atoms with van der Waals surface area (Å²) in [5.74, 6) is 1.10. The fraction of sp³-hybridized carbons (Fsp3) is 0.178. The first-order chi connectivity index (χ1) is 28.9. The van der Waals surface area contributed by atoms with Crippen molar-refractivity contribution in [3.05, 3.63) is 174 Å². The Morgan fingerprint density at radius 2 is 1.31 bits per heavy atom. The summed E-state index contributed by atoms with van der Waals surface area (Å²) in [5, 5.41) is 17.6. The van der Waals surface area contributed by atoms with Crippen molar-refractivity contribution in [2.75, 3.05) is 31.5 Å². The van der Waals surface area contributed by atoms with E-state index in [1.54, 1.807) is 62.8 Å². The van der Waals surface area contributed by atoms with Crippen LogP contribution < -0.4 is 20.1 Å². The molecule has 0 bridgehead atoms. The lowest BCUT2D eigenvalue weighted by molar-refractivity contribution is -0.0944. The van der Waals surface area contributed by atoms with Crippen LogP contribution >= 0.6 is 0 Å². The third kappa shape index (κ3) is 7.92. The number of hydrogen-bond acceptors (Lipinski definition) is 11. The van der Waals surface area contributed by atoms with Gasteiger partial charge in [-0.2, -0.15) is 0 Å². The van der Waals surface area contributed by atoms with Gasteiger partial charge in [0.15, 0.2) is 29.3 Å². The van der Waals surface area contributed by atoms with E-state index in [0.717, 1.165) is 16.7 Å². The van der Waals surface area contributed by atoms with Crippen molar-refractivity contribution in [1.29, 1.82) is 0 Å². The van der Waals surface area contributed by atoms with Crippen LogP contribution in [0.1, 0.15) is 33.3 Å². The Morgan fingerprint density at radius 3 is 1.92 bits per heavy atom. The summed E-state index contributed by atoms with van der Waals surface area (Å²) < 4.78 is 32.2. The van der Waals surface area contributed by atoms with E-state index in [4.69, 9.17) is 23.7 Å². The predicted molar refractivity (Wildman–Crippen MR) is 218 cm³/mol. The van der Waals surface area contributed by atoms with Crippen LogP contribution in [0.5, 0.6) is 11.5 Å². The summed E-state index contributed by atoms with van der Waals surface area (Å²) in [6.07, 6.45) is -2.98. The van der Waals surface area contributed by atoms with Crippen LogP contribution in [0.2, 0.25) is 0 Å². The minimum Gasteiger partial charge on any atom is -0.497 e. The van der Waals surface area contributed by atoms with Crippen LogP contribution in [0, 0.1) is 0 Å². The van der Waals surface area contributed by atoms with E-state index < -0.39 is 36.2 Å². The van der Waals surface area contributed by atoms with Crippen molar-refractivity contribution in [2.24, 2.45) is 0 Å². The summed E-state index contributed by atoms with van der Waals surface area (Å²) in [6.45, 7) is -0.177. The Bertz CT molecular complexity index is 2460. The first-order valence-corrected chi connectivity index (χ1v) is 18.8. The van der Waals surface area contributed by atoms with Gasteiger partial charge in [-0.05, 0) is 65.2 Å². The molecule has 3 N–H and O–H groups in total. The molecule has 2 amide bonds. The van der Waals surface area contributed by atoms with Gasteiger partial charge in [-0.3, -0.25) is 14.7 Å². The molecule has 8 rings (SSSR count).